The van der Waals surface area contributed by atoms with Crippen LogP contribution < -0.4 is 0 Å². The topological polar surface area (TPSA) is 0 Å². The lowest BCUT2D eigenvalue weighted by Gasteiger charge is -2.19. The van der Waals surface area contributed by atoms with Crippen molar-refractivity contribution in [3.05, 3.63) is 10.8 Å². The molecule has 0 N–H and O–H groups in total. The Morgan fingerprint density at radius 3 is 1.90 bits per heavy atom. The van der Waals surface area contributed by atoms with Crippen LogP contribution >= 0.6 is 0 Å². The minimum Gasteiger partial charge on any atom is -0.0821 e. The van der Waals surface area contributed by atoms with Gasteiger partial charge in [0.05, 0.1) is 8.07 Å². The first-order chi connectivity index (χ1) is 4.55. The van der Waals surface area contributed by atoms with E-state index in [1.54, 1.807) is 5.57 Å². The average molecular weight is 154 g/mol. The van der Waals surface area contributed by atoms with Crippen LogP contribution in [0, 0.1) is 0 Å². The fourth-order valence-electron chi connectivity index (χ4n) is 1.67. The molecule has 0 unspecified atom stereocenters. The second kappa shape index (κ2) is 2.53. The Hall–Kier alpha value is -0.0431. The fraction of sp³-hybridized carbons (Fsp3) is 0.778. The first kappa shape index (κ1) is 8.06. The SMILES string of the molecule is CCC(=C1CC1)[Si](C)(C)C. The van der Waals surface area contributed by atoms with Gasteiger partial charge in [-0.05, 0) is 19.3 Å². The van der Waals surface area contributed by atoms with Crippen molar-refractivity contribution in [2.45, 2.75) is 45.8 Å². The minimum absolute atomic E-state index is 0.908. The van der Waals surface area contributed by atoms with E-state index in [0.717, 1.165) is 0 Å². The molecule has 0 bridgehead atoms. The highest BCUT2D eigenvalue weighted by atomic mass is 28.3. The van der Waals surface area contributed by atoms with Gasteiger partial charge in [0.1, 0.15) is 0 Å². The van der Waals surface area contributed by atoms with Crippen LogP contribution in [-0.2, 0) is 0 Å². The van der Waals surface area contributed by atoms with Crippen LogP contribution in [0.3, 0.4) is 0 Å². The number of hydrogen-bond donors (Lipinski definition) is 0. The van der Waals surface area contributed by atoms with Crippen molar-refractivity contribution in [2.24, 2.45) is 0 Å². The predicted octanol–water partition coefficient (Wildman–Crippen LogP) is 3.36. The maximum atomic E-state index is 2.46. The molecule has 0 heterocycles. The molecule has 1 rings (SSSR count). The highest BCUT2D eigenvalue weighted by Crippen LogP contribution is 2.36. The van der Waals surface area contributed by atoms with Crippen molar-refractivity contribution in [3.8, 4) is 0 Å². The lowest BCUT2D eigenvalue weighted by molar-refractivity contribution is 1.16. The number of hydrogen-bond acceptors (Lipinski definition) is 0. The van der Waals surface area contributed by atoms with Gasteiger partial charge >= 0.3 is 0 Å². The summed E-state index contributed by atoms with van der Waals surface area (Å²) in [5.74, 6) is 0. The van der Waals surface area contributed by atoms with E-state index >= 15 is 0 Å². The quantitative estimate of drug-likeness (QED) is 0.535. The van der Waals surface area contributed by atoms with E-state index in [9.17, 15) is 0 Å². The van der Waals surface area contributed by atoms with Crippen molar-refractivity contribution in [3.63, 3.8) is 0 Å². The van der Waals surface area contributed by atoms with E-state index in [1.165, 1.54) is 19.3 Å². The molecule has 1 fully saturated rings. The summed E-state index contributed by atoms with van der Waals surface area (Å²) in [5.41, 5.74) is 1.79. The highest BCUT2D eigenvalue weighted by Gasteiger charge is 2.25. The van der Waals surface area contributed by atoms with Crippen LogP contribution in [-0.4, -0.2) is 8.07 Å². The third-order valence-corrected chi connectivity index (χ3v) is 4.70. The summed E-state index contributed by atoms with van der Waals surface area (Å²) in [7, 11) is -0.908. The molecule has 0 atom stereocenters. The van der Waals surface area contributed by atoms with E-state index in [0.29, 0.717) is 0 Å². The number of allylic oxidation sites excluding steroid dienone is 2. The molecule has 58 valence electrons. The molecule has 0 spiro atoms. The normalized spacial score (nSPS) is 17.4. The first-order valence-electron chi connectivity index (χ1n) is 4.27. The maximum Gasteiger partial charge on any atom is 0.0723 e. The molecule has 0 saturated heterocycles. The summed E-state index contributed by atoms with van der Waals surface area (Å²) in [6.07, 6.45) is 4.13. The summed E-state index contributed by atoms with van der Waals surface area (Å²) in [4.78, 5) is 0. The standard InChI is InChI=1S/C9H18Si/c1-5-9(8-6-7-8)10(2,3)4/h5-7H2,1-4H3. The molecule has 10 heavy (non-hydrogen) atoms. The smallest absolute Gasteiger partial charge is 0.0723 e. The van der Waals surface area contributed by atoms with Gasteiger partial charge in [0.2, 0.25) is 0 Å². The largest absolute Gasteiger partial charge is 0.0821 e. The molecule has 1 aliphatic carbocycles. The van der Waals surface area contributed by atoms with Crippen LogP contribution in [0.15, 0.2) is 10.8 Å². The maximum absolute atomic E-state index is 2.46. The molecule has 0 radical (unpaired) electrons. The Labute approximate surface area is 65.3 Å². The van der Waals surface area contributed by atoms with Crippen molar-refractivity contribution in [1.82, 2.24) is 0 Å². The van der Waals surface area contributed by atoms with Crippen molar-refractivity contribution < 1.29 is 0 Å². The Morgan fingerprint density at radius 1 is 1.30 bits per heavy atom. The van der Waals surface area contributed by atoms with Crippen LogP contribution in [0.25, 0.3) is 0 Å². The lowest BCUT2D eigenvalue weighted by Crippen LogP contribution is -2.23. The zero-order valence-electron chi connectivity index (χ0n) is 7.62. The first-order valence-corrected chi connectivity index (χ1v) is 7.77. The Balaban J connectivity index is 2.76. The Morgan fingerprint density at radius 2 is 1.80 bits per heavy atom. The fourth-order valence-corrected chi connectivity index (χ4v) is 4.05. The van der Waals surface area contributed by atoms with Gasteiger partial charge in [-0.15, -0.1) is 0 Å². The van der Waals surface area contributed by atoms with E-state index in [2.05, 4.69) is 26.6 Å². The second-order valence-corrected chi connectivity index (χ2v) is 9.29. The lowest BCUT2D eigenvalue weighted by atomic mass is 10.4. The molecule has 1 heteroatoms. The second-order valence-electron chi connectivity index (χ2n) is 4.19. The van der Waals surface area contributed by atoms with Crippen molar-refractivity contribution in [1.29, 1.82) is 0 Å². The molecule has 0 aromatic carbocycles. The average Bonchev–Trinajstić information content (AvgIpc) is 2.46. The third-order valence-electron chi connectivity index (χ3n) is 2.19. The molecule has 0 aliphatic heterocycles. The zero-order valence-corrected chi connectivity index (χ0v) is 8.62. The molecular formula is C9H18Si. The van der Waals surface area contributed by atoms with Crippen molar-refractivity contribution >= 4 is 8.07 Å². The van der Waals surface area contributed by atoms with Crippen LogP contribution in [0.1, 0.15) is 26.2 Å². The minimum atomic E-state index is -0.908. The van der Waals surface area contributed by atoms with Crippen LogP contribution in [0.4, 0.5) is 0 Å². The molecule has 1 aliphatic rings. The Bertz CT molecular complexity index is 154. The van der Waals surface area contributed by atoms with Gasteiger partial charge in [-0.3, -0.25) is 0 Å². The van der Waals surface area contributed by atoms with Gasteiger partial charge in [0.25, 0.3) is 0 Å². The molecule has 0 nitrogen and oxygen atoms in total. The monoisotopic (exact) mass is 154 g/mol. The van der Waals surface area contributed by atoms with Gasteiger partial charge in [-0.25, -0.2) is 0 Å². The summed E-state index contributed by atoms with van der Waals surface area (Å²) in [5, 5.41) is 1.84. The van der Waals surface area contributed by atoms with E-state index < -0.39 is 8.07 Å². The molecule has 1 saturated carbocycles. The van der Waals surface area contributed by atoms with Crippen LogP contribution in [0.5, 0.6) is 0 Å². The predicted molar refractivity (Wildman–Crippen MR) is 49.9 cm³/mol. The highest BCUT2D eigenvalue weighted by molar-refractivity contribution is 6.83. The van der Waals surface area contributed by atoms with E-state index in [-0.39, 0.29) is 0 Å². The zero-order chi connectivity index (χ0) is 7.78. The van der Waals surface area contributed by atoms with Crippen LogP contribution in [0.2, 0.25) is 19.6 Å². The van der Waals surface area contributed by atoms with E-state index in [4.69, 9.17) is 0 Å². The van der Waals surface area contributed by atoms with Gasteiger partial charge in [-0.1, -0.05) is 37.3 Å². The van der Waals surface area contributed by atoms with Gasteiger partial charge in [0, 0.05) is 0 Å². The summed E-state index contributed by atoms with van der Waals surface area (Å²) in [6, 6.07) is 0. The molecule has 0 amide bonds. The van der Waals surface area contributed by atoms with E-state index in [1.807, 2.05) is 5.20 Å². The molecule has 0 aromatic heterocycles. The summed E-state index contributed by atoms with van der Waals surface area (Å²) in [6.45, 7) is 9.67. The third kappa shape index (κ3) is 1.72. The molecular weight excluding hydrogens is 136 g/mol. The van der Waals surface area contributed by atoms with Gasteiger partial charge in [0.15, 0.2) is 0 Å². The molecule has 0 aromatic rings. The summed E-state index contributed by atoms with van der Waals surface area (Å²) >= 11 is 0. The van der Waals surface area contributed by atoms with Gasteiger partial charge in [-0.2, -0.15) is 0 Å². The van der Waals surface area contributed by atoms with Gasteiger partial charge < -0.3 is 0 Å². The summed E-state index contributed by atoms with van der Waals surface area (Å²) < 4.78 is 0. The van der Waals surface area contributed by atoms with Crippen molar-refractivity contribution in [2.75, 3.05) is 0 Å². The Kier molecular flexibility index (Phi) is 2.04. The number of rotatable bonds is 2.